The molecule has 0 amide bonds. The number of benzene rings is 2. The first kappa shape index (κ1) is 25.6. The molecule has 0 aliphatic heterocycles. The Balaban J connectivity index is 0.00000288. The van der Waals surface area contributed by atoms with E-state index >= 15 is 0 Å². The first-order chi connectivity index (χ1) is 11.1. The Bertz CT molecular complexity index is 599. The number of hydrogen-bond donors (Lipinski definition) is 2. The molecule has 8 heteroatoms. The van der Waals surface area contributed by atoms with Crippen LogP contribution in [0.5, 0.6) is 0 Å². The first-order valence-electron chi connectivity index (χ1n) is 7.12. The minimum atomic E-state index is -1.90. The van der Waals surface area contributed by atoms with E-state index in [1.807, 2.05) is 60.7 Å². The van der Waals surface area contributed by atoms with Crippen LogP contribution in [0.1, 0.15) is 17.5 Å². The molecule has 2 atom stereocenters. The standard InChI is InChI=1S/C17H18O4P2.2Na/c18-16(22(20)12-14-7-3-1-4-8-14)11-17(19)23(21)13-15-9-5-2-6-10-15;;/h1-10,20-21H,11-13H2;;. The van der Waals surface area contributed by atoms with Crippen molar-refractivity contribution in [3.05, 3.63) is 71.8 Å². The Labute approximate surface area is 194 Å². The number of hydrogen-bond acceptors (Lipinski definition) is 4. The summed E-state index contributed by atoms with van der Waals surface area (Å²) in [6.07, 6.45) is 0.0821. The third kappa shape index (κ3) is 9.35. The van der Waals surface area contributed by atoms with E-state index in [0.717, 1.165) is 11.1 Å². The van der Waals surface area contributed by atoms with E-state index in [1.54, 1.807) is 0 Å². The molecule has 0 spiro atoms. The smallest absolute Gasteiger partial charge is 0.189 e. The zero-order valence-corrected chi connectivity index (χ0v) is 20.3. The van der Waals surface area contributed by atoms with Crippen LogP contribution in [-0.4, -0.2) is 80.0 Å². The molecule has 2 radical (unpaired) electrons. The van der Waals surface area contributed by atoms with Gasteiger partial charge in [-0.1, -0.05) is 60.7 Å². The van der Waals surface area contributed by atoms with Crippen molar-refractivity contribution in [1.29, 1.82) is 0 Å². The topological polar surface area (TPSA) is 74.6 Å². The zero-order chi connectivity index (χ0) is 16.7. The molecule has 0 heterocycles. The maximum Gasteiger partial charge on any atom is 0.189 e. The average molecular weight is 394 g/mol. The molecule has 0 saturated carbocycles. The molecule has 2 unspecified atom stereocenters. The van der Waals surface area contributed by atoms with Crippen molar-refractivity contribution < 1.29 is 19.4 Å². The molecule has 0 saturated heterocycles. The molecular weight excluding hydrogens is 376 g/mol. The summed E-state index contributed by atoms with van der Waals surface area (Å²) in [5, 5.41) is 0. The second kappa shape index (κ2) is 13.7. The molecule has 0 aromatic heterocycles. The predicted octanol–water partition coefficient (Wildman–Crippen LogP) is 2.85. The largest absolute Gasteiger partial charge is 0.366 e. The molecule has 2 aromatic carbocycles. The average Bonchev–Trinajstić information content (AvgIpc) is 2.56. The summed E-state index contributed by atoms with van der Waals surface area (Å²) in [6, 6.07) is 18.4. The minimum absolute atomic E-state index is 0. The summed E-state index contributed by atoms with van der Waals surface area (Å²) in [7, 11) is -3.79. The molecule has 25 heavy (non-hydrogen) atoms. The van der Waals surface area contributed by atoms with Gasteiger partial charge in [-0.05, 0) is 11.1 Å². The second-order valence-corrected chi connectivity index (χ2v) is 8.28. The van der Waals surface area contributed by atoms with Crippen molar-refractivity contribution in [2.24, 2.45) is 0 Å². The predicted molar refractivity (Wildman–Crippen MR) is 105 cm³/mol. The van der Waals surface area contributed by atoms with Gasteiger partial charge in [0.15, 0.2) is 11.0 Å². The zero-order valence-electron chi connectivity index (χ0n) is 14.5. The number of carbonyl (C=O) groups is 2. The van der Waals surface area contributed by atoms with Crippen LogP contribution in [0.15, 0.2) is 60.7 Å². The molecule has 0 bridgehead atoms. The van der Waals surface area contributed by atoms with Crippen LogP contribution in [0.2, 0.25) is 0 Å². The molecule has 4 nitrogen and oxygen atoms in total. The normalized spacial score (nSPS) is 12.2. The fraction of sp³-hybridized carbons (Fsp3) is 0.176. The second-order valence-electron chi connectivity index (χ2n) is 5.05. The summed E-state index contributed by atoms with van der Waals surface area (Å²) >= 11 is 0. The van der Waals surface area contributed by atoms with Gasteiger partial charge in [0.05, 0.1) is 22.7 Å². The van der Waals surface area contributed by atoms with Crippen LogP contribution in [-0.2, 0) is 21.9 Å². The SMILES string of the molecule is O=C(CC(=O)P(O)Cc1ccccc1)P(O)Cc1ccccc1.[Na].[Na]. The van der Waals surface area contributed by atoms with Gasteiger partial charge in [0.2, 0.25) is 0 Å². The molecule has 0 aliphatic carbocycles. The van der Waals surface area contributed by atoms with E-state index in [4.69, 9.17) is 0 Å². The van der Waals surface area contributed by atoms with Gasteiger partial charge in [-0.2, -0.15) is 0 Å². The van der Waals surface area contributed by atoms with Crippen molar-refractivity contribution >= 4 is 86.5 Å². The fourth-order valence-electron chi connectivity index (χ4n) is 2.00. The summed E-state index contributed by atoms with van der Waals surface area (Å²) < 4.78 is 0. The van der Waals surface area contributed by atoms with Crippen LogP contribution in [0.25, 0.3) is 0 Å². The Hall–Kier alpha value is 0.560. The van der Waals surface area contributed by atoms with Crippen LogP contribution in [0, 0.1) is 0 Å². The molecule has 2 rings (SSSR count). The van der Waals surface area contributed by atoms with E-state index in [9.17, 15) is 19.4 Å². The maximum absolute atomic E-state index is 12.0. The number of rotatable bonds is 8. The van der Waals surface area contributed by atoms with Gasteiger partial charge in [-0.15, -0.1) is 0 Å². The summed E-state index contributed by atoms with van der Waals surface area (Å²) in [4.78, 5) is 43.9. The van der Waals surface area contributed by atoms with E-state index in [0.29, 0.717) is 0 Å². The van der Waals surface area contributed by atoms with Gasteiger partial charge in [-0.25, -0.2) is 0 Å². The van der Waals surface area contributed by atoms with Crippen LogP contribution < -0.4 is 0 Å². The molecule has 122 valence electrons. The first-order valence-corrected chi connectivity index (χ1v) is 10.1. The minimum Gasteiger partial charge on any atom is -0.366 e. The fourth-order valence-corrected chi connectivity index (χ4v) is 4.24. The summed E-state index contributed by atoms with van der Waals surface area (Å²) in [5.74, 6) is 0. The third-order valence-electron chi connectivity index (χ3n) is 3.23. The maximum atomic E-state index is 12.0. The van der Waals surface area contributed by atoms with Crippen molar-refractivity contribution in [2.45, 2.75) is 18.7 Å². The Morgan fingerprint density at radius 1 is 0.680 bits per heavy atom. The monoisotopic (exact) mass is 394 g/mol. The third-order valence-corrected chi connectivity index (χ3v) is 6.03. The van der Waals surface area contributed by atoms with Crippen molar-refractivity contribution in [3.63, 3.8) is 0 Å². The van der Waals surface area contributed by atoms with Crippen molar-refractivity contribution in [3.8, 4) is 0 Å². The Kier molecular flexibility index (Phi) is 14.0. The van der Waals surface area contributed by atoms with Gasteiger partial charge in [0.25, 0.3) is 0 Å². The van der Waals surface area contributed by atoms with Gasteiger partial charge in [0.1, 0.15) is 0 Å². The van der Waals surface area contributed by atoms with Crippen molar-refractivity contribution in [1.82, 2.24) is 0 Å². The van der Waals surface area contributed by atoms with Gasteiger partial charge in [-0.3, -0.25) is 9.59 Å². The van der Waals surface area contributed by atoms with Crippen LogP contribution >= 0.6 is 16.3 Å². The summed E-state index contributed by atoms with van der Waals surface area (Å²) in [6.45, 7) is 0. The Morgan fingerprint density at radius 2 is 1.00 bits per heavy atom. The molecule has 0 fully saturated rings. The van der Waals surface area contributed by atoms with E-state index in [1.165, 1.54) is 0 Å². The molecule has 2 aromatic rings. The molecular formula is C17H18Na2O4P2. The van der Waals surface area contributed by atoms with E-state index in [-0.39, 0.29) is 71.4 Å². The molecule has 0 aliphatic rings. The summed E-state index contributed by atoms with van der Waals surface area (Å²) in [5.41, 5.74) is 0.752. The van der Waals surface area contributed by atoms with Crippen LogP contribution in [0.3, 0.4) is 0 Å². The van der Waals surface area contributed by atoms with E-state index in [2.05, 4.69) is 0 Å². The number of carbonyl (C=O) groups excluding carboxylic acids is 2. The van der Waals surface area contributed by atoms with Gasteiger partial charge >= 0.3 is 0 Å². The Morgan fingerprint density at radius 3 is 1.32 bits per heavy atom. The molecule has 2 N–H and O–H groups in total. The van der Waals surface area contributed by atoms with E-state index < -0.39 is 33.8 Å². The quantitative estimate of drug-likeness (QED) is 0.410. The van der Waals surface area contributed by atoms with Gasteiger partial charge < -0.3 is 9.79 Å². The van der Waals surface area contributed by atoms with Crippen molar-refractivity contribution in [2.75, 3.05) is 0 Å². The van der Waals surface area contributed by atoms with Gasteiger partial charge in [0, 0.05) is 71.4 Å². The van der Waals surface area contributed by atoms with Crippen LogP contribution in [0.4, 0.5) is 0 Å².